The first-order chi connectivity index (χ1) is 8.08. The Balaban J connectivity index is 2.84. The van der Waals surface area contributed by atoms with Gasteiger partial charge in [-0.3, -0.25) is 0 Å². The molecule has 4 heteroatoms. The summed E-state index contributed by atoms with van der Waals surface area (Å²) in [5.41, 5.74) is 1.69. The topological polar surface area (TPSA) is 41.5 Å². The number of anilines is 1. The molecule has 1 rings (SSSR count). The van der Waals surface area contributed by atoms with E-state index in [-0.39, 0.29) is 12.6 Å². The molecule has 0 aromatic heterocycles. The molecule has 1 atom stereocenters. The zero-order chi connectivity index (χ0) is 12.8. The van der Waals surface area contributed by atoms with Gasteiger partial charge in [0.25, 0.3) is 0 Å². The van der Waals surface area contributed by atoms with Gasteiger partial charge in [0.2, 0.25) is 0 Å². The molecule has 0 radical (unpaired) electrons. The van der Waals surface area contributed by atoms with Crippen LogP contribution in [0, 0.1) is 5.92 Å². The van der Waals surface area contributed by atoms with Gasteiger partial charge in [0.15, 0.2) is 0 Å². The van der Waals surface area contributed by atoms with E-state index in [4.69, 9.17) is 21.4 Å². The van der Waals surface area contributed by atoms with E-state index in [0.717, 1.165) is 11.3 Å². The Bertz CT molecular complexity index is 355. The second-order valence-corrected chi connectivity index (χ2v) is 4.83. The van der Waals surface area contributed by atoms with Crippen LogP contribution in [0.15, 0.2) is 18.2 Å². The van der Waals surface area contributed by atoms with Crippen LogP contribution in [0.5, 0.6) is 0 Å². The highest BCUT2D eigenvalue weighted by Crippen LogP contribution is 2.25. The van der Waals surface area contributed by atoms with E-state index in [1.54, 1.807) is 13.2 Å². The predicted molar refractivity (Wildman–Crippen MR) is 71.5 cm³/mol. The molecule has 0 fully saturated rings. The minimum atomic E-state index is 0.0163. The summed E-state index contributed by atoms with van der Waals surface area (Å²) in [4.78, 5) is 0. The lowest BCUT2D eigenvalue weighted by Crippen LogP contribution is -2.30. The van der Waals surface area contributed by atoms with Crippen LogP contribution in [-0.4, -0.2) is 24.9 Å². The van der Waals surface area contributed by atoms with Gasteiger partial charge in [-0.25, -0.2) is 0 Å². The van der Waals surface area contributed by atoms with Crippen LogP contribution in [0.2, 0.25) is 5.02 Å². The van der Waals surface area contributed by atoms with Gasteiger partial charge < -0.3 is 15.2 Å². The SMILES string of the molecule is COCC(Nc1cc(CO)ccc1Cl)C(C)C. The summed E-state index contributed by atoms with van der Waals surface area (Å²) >= 11 is 6.12. The van der Waals surface area contributed by atoms with Gasteiger partial charge in [0.1, 0.15) is 0 Å². The van der Waals surface area contributed by atoms with Crippen LogP contribution < -0.4 is 5.32 Å². The predicted octanol–water partition coefficient (Wildman–Crippen LogP) is 2.92. The van der Waals surface area contributed by atoms with Gasteiger partial charge >= 0.3 is 0 Å². The van der Waals surface area contributed by atoms with Crippen molar-refractivity contribution >= 4 is 17.3 Å². The van der Waals surface area contributed by atoms with Crippen molar-refractivity contribution in [3.8, 4) is 0 Å². The van der Waals surface area contributed by atoms with E-state index in [0.29, 0.717) is 17.5 Å². The number of ether oxygens (including phenoxy) is 1. The molecule has 1 unspecified atom stereocenters. The van der Waals surface area contributed by atoms with E-state index in [9.17, 15) is 0 Å². The van der Waals surface area contributed by atoms with Crippen LogP contribution in [0.4, 0.5) is 5.69 Å². The summed E-state index contributed by atoms with van der Waals surface area (Å²) in [6.45, 7) is 4.89. The maximum atomic E-state index is 9.10. The lowest BCUT2D eigenvalue weighted by atomic mass is 10.0. The molecular weight excluding hydrogens is 238 g/mol. The van der Waals surface area contributed by atoms with Gasteiger partial charge in [0.05, 0.1) is 30.0 Å². The first kappa shape index (κ1) is 14.3. The number of hydrogen-bond donors (Lipinski definition) is 2. The van der Waals surface area contributed by atoms with E-state index >= 15 is 0 Å². The highest BCUT2D eigenvalue weighted by atomic mass is 35.5. The molecule has 1 aromatic rings. The van der Waals surface area contributed by atoms with Gasteiger partial charge in [0, 0.05) is 7.11 Å². The van der Waals surface area contributed by atoms with Crippen LogP contribution in [0.1, 0.15) is 19.4 Å². The molecule has 0 saturated carbocycles. The van der Waals surface area contributed by atoms with Crippen molar-refractivity contribution in [2.24, 2.45) is 5.92 Å². The summed E-state index contributed by atoms with van der Waals surface area (Å²) in [6.07, 6.45) is 0. The maximum absolute atomic E-state index is 9.10. The average Bonchev–Trinajstić information content (AvgIpc) is 2.31. The zero-order valence-electron chi connectivity index (χ0n) is 10.5. The lowest BCUT2D eigenvalue weighted by molar-refractivity contribution is 0.171. The first-order valence-electron chi connectivity index (χ1n) is 5.73. The number of nitrogens with one attached hydrogen (secondary N) is 1. The molecule has 0 saturated heterocycles. The zero-order valence-corrected chi connectivity index (χ0v) is 11.3. The summed E-state index contributed by atoms with van der Waals surface area (Å²) in [5, 5.41) is 13.1. The van der Waals surface area contributed by atoms with E-state index < -0.39 is 0 Å². The Kier molecular flexibility index (Phi) is 5.75. The van der Waals surface area contributed by atoms with Gasteiger partial charge in [-0.1, -0.05) is 31.5 Å². The van der Waals surface area contributed by atoms with Crippen LogP contribution in [0.25, 0.3) is 0 Å². The number of rotatable bonds is 6. The Morgan fingerprint density at radius 2 is 2.12 bits per heavy atom. The minimum absolute atomic E-state index is 0.0163. The van der Waals surface area contributed by atoms with Crippen molar-refractivity contribution in [3.05, 3.63) is 28.8 Å². The monoisotopic (exact) mass is 257 g/mol. The molecule has 0 bridgehead atoms. The molecule has 96 valence electrons. The summed E-state index contributed by atoms with van der Waals surface area (Å²) in [5.74, 6) is 0.434. The molecular formula is C13H20ClNO2. The summed E-state index contributed by atoms with van der Waals surface area (Å²) < 4.78 is 5.18. The normalized spacial score (nSPS) is 12.8. The molecule has 0 aliphatic rings. The van der Waals surface area contributed by atoms with Crippen LogP contribution in [-0.2, 0) is 11.3 Å². The molecule has 0 aliphatic heterocycles. The molecule has 1 aromatic carbocycles. The number of aliphatic hydroxyl groups is 1. The second-order valence-electron chi connectivity index (χ2n) is 4.42. The fraction of sp³-hybridized carbons (Fsp3) is 0.538. The fourth-order valence-corrected chi connectivity index (χ4v) is 1.73. The molecule has 0 amide bonds. The van der Waals surface area contributed by atoms with Crippen molar-refractivity contribution in [1.82, 2.24) is 0 Å². The maximum Gasteiger partial charge on any atom is 0.0682 e. The molecule has 0 spiro atoms. The highest BCUT2D eigenvalue weighted by molar-refractivity contribution is 6.33. The molecule has 3 nitrogen and oxygen atoms in total. The number of hydrogen-bond acceptors (Lipinski definition) is 3. The van der Waals surface area contributed by atoms with Crippen LogP contribution in [0.3, 0.4) is 0 Å². The Labute approximate surface area is 108 Å². The fourth-order valence-electron chi connectivity index (χ4n) is 1.56. The third-order valence-electron chi connectivity index (χ3n) is 2.71. The Hall–Kier alpha value is -0.770. The third kappa shape index (κ3) is 4.19. The molecule has 0 heterocycles. The smallest absolute Gasteiger partial charge is 0.0682 e. The standard InChI is InChI=1S/C13H20ClNO2/c1-9(2)13(8-17-3)15-12-6-10(7-16)4-5-11(12)14/h4-6,9,13,15-16H,7-8H2,1-3H3. The van der Waals surface area contributed by atoms with Crippen molar-refractivity contribution < 1.29 is 9.84 Å². The van der Waals surface area contributed by atoms with E-state index in [2.05, 4.69) is 19.2 Å². The number of methoxy groups -OCH3 is 1. The quantitative estimate of drug-likeness (QED) is 0.823. The minimum Gasteiger partial charge on any atom is -0.392 e. The Morgan fingerprint density at radius 1 is 1.41 bits per heavy atom. The average molecular weight is 258 g/mol. The van der Waals surface area contributed by atoms with Gasteiger partial charge in [-0.05, 0) is 23.6 Å². The van der Waals surface area contributed by atoms with Gasteiger partial charge in [-0.15, -0.1) is 0 Å². The number of benzene rings is 1. The van der Waals surface area contributed by atoms with Crippen molar-refractivity contribution in [1.29, 1.82) is 0 Å². The summed E-state index contributed by atoms with van der Waals surface area (Å²) in [6, 6.07) is 5.67. The van der Waals surface area contributed by atoms with Gasteiger partial charge in [-0.2, -0.15) is 0 Å². The number of aliphatic hydroxyl groups excluding tert-OH is 1. The van der Waals surface area contributed by atoms with E-state index in [1.165, 1.54) is 0 Å². The highest BCUT2D eigenvalue weighted by Gasteiger charge is 2.14. The van der Waals surface area contributed by atoms with E-state index in [1.807, 2.05) is 12.1 Å². The van der Waals surface area contributed by atoms with Crippen molar-refractivity contribution in [2.45, 2.75) is 26.5 Å². The Morgan fingerprint density at radius 3 is 2.65 bits per heavy atom. The summed E-state index contributed by atoms with van der Waals surface area (Å²) in [7, 11) is 1.68. The number of halogens is 1. The first-order valence-corrected chi connectivity index (χ1v) is 6.11. The largest absolute Gasteiger partial charge is 0.392 e. The molecule has 2 N–H and O–H groups in total. The lowest BCUT2D eigenvalue weighted by Gasteiger charge is -2.23. The second kappa shape index (κ2) is 6.84. The van der Waals surface area contributed by atoms with Crippen LogP contribution >= 0.6 is 11.6 Å². The molecule has 17 heavy (non-hydrogen) atoms. The van der Waals surface area contributed by atoms with Crippen molar-refractivity contribution in [2.75, 3.05) is 19.0 Å². The van der Waals surface area contributed by atoms with Crippen molar-refractivity contribution in [3.63, 3.8) is 0 Å². The third-order valence-corrected chi connectivity index (χ3v) is 3.03. The molecule has 0 aliphatic carbocycles.